The number of hydrogen-bond donors (Lipinski definition) is 0. The molecule has 1 fully saturated rings. The van der Waals surface area contributed by atoms with Gasteiger partial charge in [0.2, 0.25) is 0 Å². The van der Waals surface area contributed by atoms with Crippen LogP contribution in [0.25, 0.3) is 0 Å². The quantitative estimate of drug-likeness (QED) is 0.778. The lowest BCUT2D eigenvalue weighted by Crippen LogP contribution is -2.43. The average molecular weight is 329 g/mol. The highest BCUT2D eigenvalue weighted by Gasteiger charge is 2.24. The van der Waals surface area contributed by atoms with E-state index < -0.39 is 0 Å². The first-order chi connectivity index (χ1) is 9.17. The van der Waals surface area contributed by atoms with Crippen molar-refractivity contribution in [1.82, 2.24) is 4.90 Å². The van der Waals surface area contributed by atoms with Gasteiger partial charge in [-0.3, -0.25) is 0 Å². The standard InChI is InChI=1S/C15H22BrFN2/c1-3-19-9-7-13(8-10-19)18(2)15-12(11-16)5-4-6-14(15)17/h4-6,13H,3,7-11H2,1-2H3. The molecule has 106 valence electrons. The van der Waals surface area contributed by atoms with Crippen molar-refractivity contribution in [3.05, 3.63) is 29.6 Å². The Kier molecular flexibility index (Phi) is 5.22. The first kappa shape index (κ1) is 14.8. The summed E-state index contributed by atoms with van der Waals surface area (Å²) in [6.45, 7) is 5.54. The topological polar surface area (TPSA) is 6.48 Å². The van der Waals surface area contributed by atoms with Crippen molar-refractivity contribution in [2.75, 3.05) is 31.6 Å². The second-order valence-corrected chi connectivity index (χ2v) is 5.72. The third-order valence-corrected chi connectivity index (χ3v) is 4.72. The van der Waals surface area contributed by atoms with Gasteiger partial charge in [0.25, 0.3) is 0 Å². The lowest BCUT2D eigenvalue weighted by atomic mass is 10.0. The number of piperidine rings is 1. The second-order valence-electron chi connectivity index (χ2n) is 5.16. The smallest absolute Gasteiger partial charge is 0.146 e. The van der Waals surface area contributed by atoms with Gasteiger partial charge in [0, 0.05) is 31.5 Å². The molecule has 1 heterocycles. The molecule has 2 nitrogen and oxygen atoms in total. The van der Waals surface area contributed by atoms with Crippen molar-refractivity contribution in [2.24, 2.45) is 0 Å². The maximum absolute atomic E-state index is 14.1. The van der Waals surface area contributed by atoms with Gasteiger partial charge < -0.3 is 9.80 Å². The van der Waals surface area contributed by atoms with Crippen molar-refractivity contribution in [2.45, 2.75) is 31.1 Å². The highest BCUT2D eigenvalue weighted by Crippen LogP contribution is 2.29. The van der Waals surface area contributed by atoms with Gasteiger partial charge in [-0.2, -0.15) is 0 Å². The average Bonchev–Trinajstić information content (AvgIpc) is 2.46. The molecule has 0 unspecified atom stereocenters. The van der Waals surface area contributed by atoms with Crippen LogP contribution >= 0.6 is 15.9 Å². The van der Waals surface area contributed by atoms with Gasteiger partial charge in [-0.05, 0) is 31.0 Å². The van der Waals surface area contributed by atoms with Crippen molar-refractivity contribution in [3.63, 3.8) is 0 Å². The van der Waals surface area contributed by atoms with E-state index in [4.69, 9.17) is 0 Å². The van der Waals surface area contributed by atoms with Crippen LogP contribution in [0.3, 0.4) is 0 Å². The normalized spacial score (nSPS) is 17.7. The van der Waals surface area contributed by atoms with Crippen LogP contribution in [0.4, 0.5) is 10.1 Å². The Hall–Kier alpha value is -0.610. The summed E-state index contributed by atoms with van der Waals surface area (Å²) in [6, 6.07) is 5.77. The maximum atomic E-state index is 14.1. The van der Waals surface area contributed by atoms with Gasteiger partial charge in [0.05, 0.1) is 5.69 Å². The molecule has 1 aromatic carbocycles. The number of para-hydroxylation sites is 1. The fourth-order valence-electron chi connectivity index (χ4n) is 2.87. The summed E-state index contributed by atoms with van der Waals surface area (Å²) in [5.74, 6) is -0.114. The molecule has 0 atom stereocenters. The molecule has 1 aromatic rings. The van der Waals surface area contributed by atoms with E-state index in [0.717, 1.165) is 43.7 Å². The fraction of sp³-hybridized carbons (Fsp3) is 0.600. The Labute approximate surface area is 123 Å². The molecular weight excluding hydrogens is 307 g/mol. The van der Waals surface area contributed by atoms with Gasteiger partial charge in [0.1, 0.15) is 5.82 Å². The van der Waals surface area contributed by atoms with E-state index in [1.165, 1.54) is 0 Å². The number of likely N-dealkylation sites (tertiary alicyclic amines) is 1. The number of alkyl halides is 1. The summed E-state index contributed by atoms with van der Waals surface area (Å²) >= 11 is 3.45. The molecule has 0 radical (unpaired) electrons. The highest BCUT2D eigenvalue weighted by atomic mass is 79.9. The Bertz CT molecular complexity index is 417. The minimum absolute atomic E-state index is 0.114. The molecule has 0 saturated carbocycles. The summed E-state index contributed by atoms with van der Waals surface area (Å²) in [4.78, 5) is 4.59. The van der Waals surface area contributed by atoms with Crippen LogP contribution in [0.5, 0.6) is 0 Å². The van der Waals surface area contributed by atoms with Crippen LogP contribution in [-0.2, 0) is 5.33 Å². The third kappa shape index (κ3) is 3.29. The lowest BCUT2D eigenvalue weighted by molar-refractivity contribution is 0.220. The zero-order chi connectivity index (χ0) is 13.8. The molecule has 1 aliphatic heterocycles. The van der Waals surface area contributed by atoms with Crippen LogP contribution in [0.15, 0.2) is 18.2 Å². The summed E-state index contributed by atoms with van der Waals surface area (Å²) in [5, 5.41) is 0.693. The number of halogens is 2. The maximum Gasteiger partial charge on any atom is 0.146 e. The molecule has 0 N–H and O–H groups in total. The molecule has 1 saturated heterocycles. The molecule has 0 bridgehead atoms. The van der Waals surface area contributed by atoms with E-state index in [1.807, 2.05) is 13.1 Å². The number of anilines is 1. The van der Waals surface area contributed by atoms with E-state index in [0.29, 0.717) is 11.4 Å². The van der Waals surface area contributed by atoms with Crippen LogP contribution in [0.1, 0.15) is 25.3 Å². The number of hydrogen-bond acceptors (Lipinski definition) is 2. The molecule has 2 rings (SSSR count). The van der Waals surface area contributed by atoms with Crippen LogP contribution < -0.4 is 4.90 Å². The first-order valence-electron chi connectivity index (χ1n) is 6.96. The lowest BCUT2D eigenvalue weighted by Gasteiger charge is -2.38. The van der Waals surface area contributed by atoms with E-state index in [2.05, 4.69) is 32.7 Å². The summed E-state index contributed by atoms with van der Waals surface area (Å²) in [6.07, 6.45) is 2.22. The van der Waals surface area contributed by atoms with E-state index in [1.54, 1.807) is 12.1 Å². The molecule has 19 heavy (non-hydrogen) atoms. The zero-order valence-electron chi connectivity index (χ0n) is 11.7. The van der Waals surface area contributed by atoms with Crippen molar-refractivity contribution < 1.29 is 4.39 Å². The SMILES string of the molecule is CCN1CCC(N(C)c2c(F)cccc2CBr)CC1. The molecule has 1 aliphatic rings. The largest absolute Gasteiger partial charge is 0.369 e. The van der Waals surface area contributed by atoms with Gasteiger partial charge in [-0.15, -0.1) is 0 Å². The van der Waals surface area contributed by atoms with E-state index >= 15 is 0 Å². The Morgan fingerprint density at radius 3 is 2.63 bits per heavy atom. The summed E-state index contributed by atoms with van der Waals surface area (Å²) in [7, 11) is 2.02. The van der Waals surface area contributed by atoms with Crippen molar-refractivity contribution in [1.29, 1.82) is 0 Å². The summed E-state index contributed by atoms with van der Waals surface area (Å²) < 4.78 is 14.1. The van der Waals surface area contributed by atoms with E-state index in [9.17, 15) is 4.39 Å². The molecule has 4 heteroatoms. The minimum Gasteiger partial charge on any atom is -0.369 e. The molecule has 0 amide bonds. The van der Waals surface area contributed by atoms with Crippen LogP contribution in [0, 0.1) is 5.82 Å². The van der Waals surface area contributed by atoms with Gasteiger partial charge in [-0.1, -0.05) is 35.0 Å². The fourth-order valence-corrected chi connectivity index (χ4v) is 3.32. The van der Waals surface area contributed by atoms with Gasteiger partial charge in [-0.25, -0.2) is 4.39 Å². The zero-order valence-corrected chi connectivity index (χ0v) is 13.3. The summed E-state index contributed by atoms with van der Waals surface area (Å²) in [5.41, 5.74) is 1.79. The van der Waals surface area contributed by atoms with Crippen molar-refractivity contribution >= 4 is 21.6 Å². The van der Waals surface area contributed by atoms with E-state index in [-0.39, 0.29) is 5.82 Å². The Morgan fingerprint density at radius 2 is 2.05 bits per heavy atom. The van der Waals surface area contributed by atoms with Crippen LogP contribution in [0.2, 0.25) is 0 Å². The molecule has 0 aliphatic carbocycles. The number of nitrogens with zero attached hydrogens (tertiary/aromatic N) is 2. The van der Waals surface area contributed by atoms with Gasteiger partial charge >= 0.3 is 0 Å². The first-order valence-corrected chi connectivity index (χ1v) is 8.08. The Balaban J connectivity index is 2.14. The highest BCUT2D eigenvalue weighted by molar-refractivity contribution is 9.08. The van der Waals surface area contributed by atoms with Crippen molar-refractivity contribution in [3.8, 4) is 0 Å². The minimum atomic E-state index is -0.114. The third-order valence-electron chi connectivity index (χ3n) is 4.12. The second kappa shape index (κ2) is 6.71. The predicted octanol–water partition coefficient (Wildman–Crippen LogP) is 3.64. The number of rotatable bonds is 4. The predicted molar refractivity (Wildman–Crippen MR) is 82.6 cm³/mol. The number of benzene rings is 1. The Morgan fingerprint density at radius 1 is 1.37 bits per heavy atom. The molecular formula is C15H22BrFN2. The van der Waals surface area contributed by atoms with Crippen LogP contribution in [-0.4, -0.2) is 37.6 Å². The van der Waals surface area contributed by atoms with Gasteiger partial charge in [0.15, 0.2) is 0 Å². The molecule has 0 spiro atoms. The monoisotopic (exact) mass is 328 g/mol. The molecule has 0 aromatic heterocycles.